The highest BCUT2D eigenvalue weighted by Gasteiger charge is 2.19. The number of carbonyl (C=O) groups excluding carboxylic acids is 1. The Morgan fingerprint density at radius 1 is 1.29 bits per heavy atom. The molecule has 2 aromatic heterocycles. The fourth-order valence-electron chi connectivity index (χ4n) is 2.95. The summed E-state index contributed by atoms with van der Waals surface area (Å²) < 4.78 is 5.33. The number of anilines is 1. The van der Waals surface area contributed by atoms with Crippen molar-refractivity contribution >= 4 is 11.7 Å². The van der Waals surface area contributed by atoms with Gasteiger partial charge in [-0.3, -0.25) is 4.79 Å². The van der Waals surface area contributed by atoms with Gasteiger partial charge in [0.15, 0.2) is 5.76 Å². The van der Waals surface area contributed by atoms with Crippen molar-refractivity contribution in [2.45, 2.75) is 39.2 Å². The normalized spacial score (nSPS) is 14.7. The summed E-state index contributed by atoms with van der Waals surface area (Å²) in [5.74, 6) is 1.65. The predicted molar refractivity (Wildman–Crippen MR) is 92.0 cm³/mol. The summed E-state index contributed by atoms with van der Waals surface area (Å²) in [6, 6.07) is 5.60. The van der Waals surface area contributed by atoms with Crippen molar-refractivity contribution in [3.05, 3.63) is 41.4 Å². The Hall–Kier alpha value is -2.37. The zero-order valence-corrected chi connectivity index (χ0v) is 14.4. The molecular formula is C18H24N4O2. The van der Waals surface area contributed by atoms with Crippen LogP contribution in [0.1, 0.15) is 48.0 Å². The molecule has 0 bridgehead atoms. The minimum atomic E-state index is 0.0969. The van der Waals surface area contributed by atoms with Crippen LogP contribution < -0.4 is 4.90 Å². The van der Waals surface area contributed by atoms with Crippen molar-refractivity contribution < 1.29 is 9.32 Å². The largest absolute Gasteiger partial charge is 0.359 e. The predicted octanol–water partition coefficient (Wildman–Crippen LogP) is 2.89. The Bertz CT molecular complexity index is 692. The molecule has 0 aromatic carbocycles. The third-order valence-electron chi connectivity index (χ3n) is 4.39. The number of piperidine rings is 1. The van der Waals surface area contributed by atoms with Crippen LogP contribution in [0.2, 0.25) is 0 Å². The molecule has 0 N–H and O–H groups in total. The standard InChI is InChI=1S/C18H24N4O2/c1-3-15-12-16(24-20-15)13-21(2)17-11-14(7-8-19-17)18(23)22-9-5-4-6-10-22/h7-8,11-12H,3-6,9-10,13H2,1-2H3. The molecule has 1 aliphatic rings. The zero-order valence-electron chi connectivity index (χ0n) is 14.4. The molecule has 0 unspecified atom stereocenters. The number of rotatable bonds is 5. The summed E-state index contributed by atoms with van der Waals surface area (Å²) in [7, 11) is 1.94. The second-order valence-corrected chi connectivity index (χ2v) is 6.25. The molecule has 2 aromatic rings. The first-order chi connectivity index (χ1) is 11.7. The molecule has 6 heteroatoms. The molecule has 0 atom stereocenters. The lowest BCUT2D eigenvalue weighted by atomic mass is 10.1. The molecule has 1 aliphatic heterocycles. The SMILES string of the molecule is CCc1cc(CN(C)c2cc(C(=O)N3CCCCC3)ccn2)on1. The molecule has 1 fully saturated rings. The van der Waals surface area contributed by atoms with Crippen LogP contribution in [0.3, 0.4) is 0 Å². The molecule has 0 radical (unpaired) electrons. The first-order valence-corrected chi connectivity index (χ1v) is 8.58. The van der Waals surface area contributed by atoms with Crippen molar-refractivity contribution in [2.75, 3.05) is 25.0 Å². The van der Waals surface area contributed by atoms with E-state index in [0.29, 0.717) is 12.1 Å². The molecule has 0 aliphatic carbocycles. The first kappa shape index (κ1) is 16.5. The summed E-state index contributed by atoms with van der Waals surface area (Å²) in [4.78, 5) is 20.9. The van der Waals surface area contributed by atoms with Crippen molar-refractivity contribution in [2.24, 2.45) is 0 Å². The van der Waals surface area contributed by atoms with Gasteiger partial charge in [-0.15, -0.1) is 0 Å². The molecule has 6 nitrogen and oxygen atoms in total. The van der Waals surface area contributed by atoms with Gasteiger partial charge in [0.25, 0.3) is 5.91 Å². The van der Waals surface area contributed by atoms with Gasteiger partial charge in [0.05, 0.1) is 12.2 Å². The monoisotopic (exact) mass is 328 g/mol. The summed E-state index contributed by atoms with van der Waals surface area (Å²) in [6.07, 6.45) is 5.95. The quantitative estimate of drug-likeness (QED) is 0.844. The fraction of sp³-hybridized carbons (Fsp3) is 0.500. The maximum Gasteiger partial charge on any atom is 0.254 e. The molecule has 0 spiro atoms. The number of nitrogens with zero attached hydrogens (tertiary/aromatic N) is 4. The molecule has 3 heterocycles. The van der Waals surface area contributed by atoms with E-state index in [9.17, 15) is 4.79 Å². The minimum Gasteiger partial charge on any atom is -0.359 e. The number of amides is 1. The van der Waals surface area contributed by atoms with Crippen LogP contribution >= 0.6 is 0 Å². The van der Waals surface area contributed by atoms with Crippen molar-refractivity contribution in [3.63, 3.8) is 0 Å². The second-order valence-electron chi connectivity index (χ2n) is 6.25. The van der Waals surface area contributed by atoms with Gasteiger partial charge >= 0.3 is 0 Å². The van der Waals surface area contributed by atoms with Gasteiger partial charge in [0, 0.05) is 38.0 Å². The van der Waals surface area contributed by atoms with Gasteiger partial charge in [-0.05, 0) is 37.8 Å². The smallest absolute Gasteiger partial charge is 0.254 e. The van der Waals surface area contributed by atoms with Gasteiger partial charge in [0.2, 0.25) is 0 Å². The van der Waals surface area contributed by atoms with Crippen LogP contribution in [0.15, 0.2) is 28.9 Å². The molecule has 3 rings (SSSR count). The number of hydrogen-bond acceptors (Lipinski definition) is 5. The van der Waals surface area contributed by atoms with Crippen LogP contribution in [0.5, 0.6) is 0 Å². The number of aromatic nitrogens is 2. The third kappa shape index (κ3) is 3.75. The first-order valence-electron chi connectivity index (χ1n) is 8.58. The van der Waals surface area contributed by atoms with E-state index in [1.807, 2.05) is 35.9 Å². The van der Waals surface area contributed by atoms with Crippen molar-refractivity contribution in [1.29, 1.82) is 0 Å². The number of hydrogen-bond donors (Lipinski definition) is 0. The molecule has 1 amide bonds. The highest BCUT2D eigenvalue weighted by Crippen LogP contribution is 2.18. The zero-order chi connectivity index (χ0) is 16.9. The van der Waals surface area contributed by atoms with Crippen LogP contribution in [0.4, 0.5) is 5.82 Å². The number of carbonyl (C=O) groups is 1. The minimum absolute atomic E-state index is 0.0969. The van der Waals surface area contributed by atoms with Crippen LogP contribution in [0, 0.1) is 0 Å². The van der Waals surface area contributed by atoms with Crippen molar-refractivity contribution in [3.8, 4) is 0 Å². The summed E-state index contributed by atoms with van der Waals surface area (Å²) >= 11 is 0. The van der Waals surface area contributed by atoms with E-state index in [1.54, 1.807) is 12.3 Å². The average Bonchev–Trinajstić information content (AvgIpc) is 3.09. The van der Waals surface area contributed by atoms with Gasteiger partial charge < -0.3 is 14.3 Å². The Morgan fingerprint density at radius 2 is 2.08 bits per heavy atom. The van der Waals surface area contributed by atoms with Gasteiger partial charge in [-0.25, -0.2) is 4.98 Å². The Kier molecular flexibility index (Phi) is 5.13. The topological polar surface area (TPSA) is 62.5 Å². The van der Waals surface area contributed by atoms with E-state index >= 15 is 0 Å². The Balaban J connectivity index is 1.70. The maximum atomic E-state index is 12.6. The fourth-order valence-corrected chi connectivity index (χ4v) is 2.95. The van der Waals surface area contributed by atoms with E-state index < -0.39 is 0 Å². The van der Waals surface area contributed by atoms with Crippen LogP contribution in [-0.2, 0) is 13.0 Å². The summed E-state index contributed by atoms with van der Waals surface area (Å²) in [5.41, 5.74) is 1.64. The second kappa shape index (κ2) is 7.47. The average molecular weight is 328 g/mol. The molecule has 0 saturated carbocycles. The third-order valence-corrected chi connectivity index (χ3v) is 4.39. The Labute approximate surface area is 142 Å². The number of aryl methyl sites for hydroxylation is 1. The summed E-state index contributed by atoms with van der Waals surface area (Å²) in [5, 5.41) is 4.01. The van der Waals surface area contributed by atoms with E-state index in [-0.39, 0.29) is 5.91 Å². The molecular weight excluding hydrogens is 304 g/mol. The lowest BCUT2D eigenvalue weighted by Crippen LogP contribution is -2.35. The number of likely N-dealkylation sites (tertiary alicyclic amines) is 1. The van der Waals surface area contributed by atoms with Gasteiger partial charge in [-0.2, -0.15) is 0 Å². The molecule has 1 saturated heterocycles. The highest BCUT2D eigenvalue weighted by atomic mass is 16.5. The number of pyridine rings is 1. The highest BCUT2D eigenvalue weighted by molar-refractivity contribution is 5.94. The lowest BCUT2D eigenvalue weighted by molar-refractivity contribution is 0.0724. The van der Waals surface area contributed by atoms with Crippen molar-refractivity contribution in [1.82, 2.24) is 15.0 Å². The lowest BCUT2D eigenvalue weighted by Gasteiger charge is -2.27. The summed E-state index contributed by atoms with van der Waals surface area (Å²) in [6.45, 7) is 4.32. The van der Waals surface area contributed by atoms with E-state index in [4.69, 9.17) is 4.52 Å². The van der Waals surface area contributed by atoms with E-state index in [0.717, 1.165) is 49.6 Å². The van der Waals surface area contributed by atoms with Crippen LogP contribution in [-0.4, -0.2) is 41.1 Å². The van der Waals surface area contributed by atoms with E-state index in [2.05, 4.69) is 10.1 Å². The van der Waals surface area contributed by atoms with E-state index in [1.165, 1.54) is 6.42 Å². The van der Waals surface area contributed by atoms with Gasteiger partial charge in [0.1, 0.15) is 5.82 Å². The maximum absolute atomic E-state index is 12.6. The molecule has 128 valence electrons. The Morgan fingerprint density at radius 3 is 2.79 bits per heavy atom. The van der Waals surface area contributed by atoms with Crippen LogP contribution in [0.25, 0.3) is 0 Å². The molecule has 24 heavy (non-hydrogen) atoms. The van der Waals surface area contributed by atoms with Gasteiger partial charge in [-0.1, -0.05) is 12.1 Å².